The number of nitrogens with zero attached hydrogens (tertiary/aromatic N) is 1. The quantitative estimate of drug-likeness (QED) is 0.317. The number of carbonyl (C=O) groups excluding carboxylic acids is 1. The average Bonchev–Trinajstić information content (AvgIpc) is 3.41. The fourth-order valence-corrected chi connectivity index (χ4v) is 9.69. The molecule has 0 amide bonds. The molecule has 4 aliphatic carbocycles. The molecule has 9 nitrogen and oxygen atoms in total. The van der Waals surface area contributed by atoms with Crippen molar-refractivity contribution < 1.29 is 39.4 Å². The van der Waals surface area contributed by atoms with Crippen molar-refractivity contribution in [1.82, 2.24) is 0 Å². The van der Waals surface area contributed by atoms with E-state index in [9.17, 15) is 30.5 Å². The van der Waals surface area contributed by atoms with Gasteiger partial charge >= 0.3 is 5.97 Å². The first kappa shape index (κ1) is 26.7. The van der Waals surface area contributed by atoms with E-state index in [1.807, 2.05) is 0 Å². The number of nitriles is 1. The molecule has 2 aliphatic heterocycles. The second-order valence-corrected chi connectivity index (χ2v) is 13.2. The normalized spacial score (nSPS) is 54.2. The van der Waals surface area contributed by atoms with E-state index in [0.29, 0.717) is 45.1 Å². The molecule has 210 valence electrons. The summed E-state index contributed by atoms with van der Waals surface area (Å²) < 4.78 is 17.2. The molecule has 38 heavy (non-hydrogen) atoms. The van der Waals surface area contributed by atoms with Gasteiger partial charge in [-0.2, -0.15) is 5.26 Å². The highest BCUT2D eigenvalue weighted by Crippen LogP contribution is 2.70. The van der Waals surface area contributed by atoms with E-state index in [2.05, 4.69) is 13.0 Å². The standard InChI is InChI=1S/C29H41NO8/c1-16-25(33)22(31)12-24(37-16)38-18-3-8-27(15-30)20-4-7-26(2)19(17-11-23(32)36-14-17)6-10-29(26,35)21(20)5-9-28(27,34)13-18/h11,16,18-22,24-25,31,33-35H,3-10,12-14H2,1-2H3/t16-,18+,19-,20-,21+,22-,24+,25-,26+,27-,28-,29-/m0/s1. The molecule has 5 fully saturated rings. The molecule has 4 N–H and O–H groups in total. The second kappa shape index (κ2) is 8.98. The van der Waals surface area contributed by atoms with Gasteiger partial charge in [0.2, 0.25) is 0 Å². The van der Waals surface area contributed by atoms with Crippen molar-refractivity contribution in [2.45, 2.75) is 120 Å². The maximum absolute atomic E-state index is 12.4. The third kappa shape index (κ3) is 3.60. The van der Waals surface area contributed by atoms with Gasteiger partial charge in [0.15, 0.2) is 6.29 Å². The number of cyclic esters (lactones) is 1. The topological polar surface area (TPSA) is 149 Å². The Morgan fingerprint density at radius 1 is 1.08 bits per heavy atom. The van der Waals surface area contributed by atoms with Gasteiger partial charge in [-0.05, 0) is 81.6 Å². The first-order chi connectivity index (χ1) is 18.0. The first-order valence-corrected chi connectivity index (χ1v) is 14.4. The van der Waals surface area contributed by atoms with Gasteiger partial charge in [0.05, 0.1) is 41.0 Å². The van der Waals surface area contributed by atoms with Crippen LogP contribution in [0.15, 0.2) is 11.6 Å². The number of aliphatic hydroxyl groups is 4. The van der Waals surface area contributed by atoms with E-state index in [-0.39, 0.29) is 36.2 Å². The van der Waals surface area contributed by atoms with Crippen LogP contribution in [0.2, 0.25) is 0 Å². The van der Waals surface area contributed by atoms with Crippen molar-refractivity contribution in [2.24, 2.45) is 28.6 Å². The molecule has 0 aromatic heterocycles. The zero-order chi connectivity index (χ0) is 27.1. The number of esters is 1. The van der Waals surface area contributed by atoms with Crippen LogP contribution in [0.1, 0.15) is 78.1 Å². The minimum Gasteiger partial charge on any atom is -0.458 e. The van der Waals surface area contributed by atoms with Crippen molar-refractivity contribution in [1.29, 1.82) is 5.26 Å². The summed E-state index contributed by atoms with van der Waals surface area (Å²) in [5, 5.41) is 55.2. The summed E-state index contributed by atoms with van der Waals surface area (Å²) in [6.07, 6.45) is 3.63. The fourth-order valence-electron chi connectivity index (χ4n) is 9.69. The summed E-state index contributed by atoms with van der Waals surface area (Å²) in [5.74, 6) is -0.449. The SMILES string of the molecule is C[C@@H]1O[C@H](O[C@@H]2CC[C@]3(C#N)[C@H]4CC[C@]5(C)[C@H](C6=CC(=O)OC6)CC[C@]5(O)[C@@H]4CC[C@]3(O)C2)C[C@H](O)[C@H]1O. The molecule has 2 heterocycles. The molecule has 9 heteroatoms. The van der Waals surface area contributed by atoms with Crippen LogP contribution >= 0.6 is 0 Å². The van der Waals surface area contributed by atoms with Gasteiger partial charge in [-0.1, -0.05) is 6.92 Å². The van der Waals surface area contributed by atoms with E-state index >= 15 is 0 Å². The first-order valence-electron chi connectivity index (χ1n) is 14.4. The molecular formula is C29H41NO8. The number of aliphatic hydroxyl groups excluding tert-OH is 2. The third-order valence-corrected chi connectivity index (χ3v) is 11.8. The smallest absolute Gasteiger partial charge is 0.331 e. The average molecular weight is 532 g/mol. The molecule has 6 rings (SSSR count). The number of rotatable bonds is 3. The Kier molecular flexibility index (Phi) is 6.31. The highest BCUT2D eigenvalue weighted by atomic mass is 16.7. The number of hydrogen-bond donors (Lipinski definition) is 4. The van der Waals surface area contributed by atoms with E-state index in [4.69, 9.17) is 14.2 Å². The molecule has 1 saturated heterocycles. The lowest BCUT2D eigenvalue weighted by Crippen LogP contribution is -2.68. The Balaban J connectivity index is 1.22. The highest BCUT2D eigenvalue weighted by molar-refractivity contribution is 5.85. The summed E-state index contributed by atoms with van der Waals surface area (Å²) in [5.41, 5.74) is -2.59. The predicted octanol–water partition coefficient (Wildman–Crippen LogP) is 2.10. The van der Waals surface area contributed by atoms with Gasteiger partial charge in [-0.3, -0.25) is 0 Å². The molecule has 12 atom stereocenters. The van der Waals surface area contributed by atoms with Gasteiger partial charge in [-0.15, -0.1) is 0 Å². The Hall–Kier alpha value is -1.54. The van der Waals surface area contributed by atoms with Crippen LogP contribution in [-0.4, -0.2) is 74.9 Å². The molecule has 0 aromatic rings. The van der Waals surface area contributed by atoms with Gasteiger partial charge in [0.25, 0.3) is 0 Å². The van der Waals surface area contributed by atoms with Crippen molar-refractivity contribution in [3.8, 4) is 6.07 Å². The Morgan fingerprint density at radius 3 is 2.53 bits per heavy atom. The van der Waals surface area contributed by atoms with E-state index in [0.717, 1.165) is 24.8 Å². The number of carbonyl (C=O) groups is 1. The Bertz CT molecular complexity index is 1050. The number of fused-ring (bicyclic) bond motifs is 5. The van der Waals surface area contributed by atoms with Gasteiger partial charge in [0, 0.05) is 24.3 Å². The van der Waals surface area contributed by atoms with Crippen LogP contribution in [-0.2, 0) is 19.0 Å². The van der Waals surface area contributed by atoms with Crippen molar-refractivity contribution in [2.75, 3.05) is 6.61 Å². The lowest BCUT2D eigenvalue weighted by atomic mass is 9.41. The molecule has 0 bridgehead atoms. The Morgan fingerprint density at radius 2 is 1.84 bits per heavy atom. The molecule has 4 saturated carbocycles. The van der Waals surface area contributed by atoms with Gasteiger partial charge in [-0.25, -0.2) is 4.79 Å². The summed E-state index contributed by atoms with van der Waals surface area (Å²) in [6, 6.07) is 2.59. The van der Waals surface area contributed by atoms with Crippen LogP contribution in [0.4, 0.5) is 0 Å². The van der Waals surface area contributed by atoms with E-state index in [1.165, 1.54) is 0 Å². The molecular weight excluding hydrogens is 490 g/mol. The zero-order valence-electron chi connectivity index (χ0n) is 22.3. The molecule has 0 spiro atoms. The summed E-state index contributed by atoms with van der Waals surface area (Å²) >= 11 is 0. The van der Waals surface area contributed by atoms with Gasteiger partial charge < -0.3 is 34.6 Å². The minimum atomic E-state index is -1.24. The summed E-state index contributed by atoms with van der Waals surface area (Å²) in [6.45, 7) is 4.14. The Labute approximate surface area is 223 Å². The predicted molar refractivity (Wildman–Crippen MR) is 133 cm³/mol. The van der Waals surface area contributed by atoms with Crippen LogP contribution in [0.5, 0.6) is 0 Å². The molecule has 6 aliphatic rings. The monoisotopic (exact) mass is 531 g/mol. The maximum atomic E-state index is 12.4. The van der Waals surface area contributed by atoms with Crippen LogP contribution < -0.4 is 0 Å². The fraction of sp³-hybridized carbons (Fsp3) is 0.862. The van der Waals surface area contributed by atoms with E-state index < -0.39 is 46.6 Å². The molecule has 0 radical (unpaired) electrons. The summed E-state index contributed by atoms with van der Waals surface area (Å²) in [7, 11) is 0. The molecule has 0 unspecified atom stereocenters. The maximum Gasteiger partial charge on any atom is 0.331 e. The van der Waals surface area contributed by atoms with Crippen molar-refractivity contribution in [3.63, 3.8) is 0 Å². The molecule has 0 aromatic carbocycles. The summed E-state index contributed by atoms with van der Waals surface area (Å²) in [4.78, 5) is 11.8. The lowest BCUT2D eigenvalue weighted by Gasteiger charge is -2.64. The van der Waals surface area contributed by atoms with Gasteiger partial charge in [0.1, 0.15) is 12.7 Å². The van der Waals surface area contributed by atoms with Crippen LogP contribution in [0.25, 0.3) is 0 Å². The number of ether oxygens (including phenoxy) is 3. The largest absolute Gasteiger partial charge is 0.458 e. The van der Waals surface area contributed by atoms with Crippen molar-refractivity contribution >= 4 is 5.97 Å². The lowest BCUT2D eigenvalue weighted by molar-refractivity contribution is -0.284. The number of hydrogen-bond acceptors (Lipinski definition) is 9. The zero-order valence-corrected chi connectivity index (χ0v) is 22.3. The minimum absolute atomic E-state index is 0.0784. The highest BCUT2D eigenvalue weighted by Gasteiger charge is 2.72. The van der Waals surface area contributed by atoms with E-state index in [1.54, 1.807) is 13.0 Å². The van der Waals surface area contributed by atoms with Crippen LogP contribution in [0, 0.1) is 39.9 Å². The third-order valence-electron chi connectivity index (χ3n) is 11.8. The van der Waals surface area contributed by atoms with Crippen molar-refractivity contribution in [3.05, 3.63) is 11.6 Å². The van der Waals surface area contributed by atoms with Crippen LogP contribution in [0.3, 0.4) is 0 Å². The second-order valence-electron chi connectivity index (χ2n) is 13.2.